The normalized spacial score (nSPS) is 29.8. The SMILES string of the molecule is CN=C(NCC1CCCN(C)C1c1cccs1)NC1CCCC(SC)C1.I. The fourth-order valence-corrected chi connectivity index (χ4v) is 6.30. The van der Waals surface area contributed by atoms with Gasteiger partial charge < -0.3 is 10.6 Å². The second-order valence-corrected chi connectivity index (χ2v) is 9.78. The van der Waals surface area contributed by atoms with Crippen molar-refractivity contribution in [2.75, 3.05) is 33.4 Å². The molecule has 0 spiro atoms. The minimum atomic E-state index is 0. The van der Waals surface area contributed by atoms with Gasteiger partial charge in [0.2, 0.25) is 0 Å². The number of hydrogen-bond donors (Lipinski definition) is 2. The van der Waals surface area contributed by atoms with Gasteiger partial charge in [0.15, 0.2) is 5.96 Å². The molecule has 0 bridgehead atoms. The molecule has 0 aromatic carbocycles. The fraction of sp³-hybridized carbons (Fsp3) is 0.750. The third-order valence-electron chi connectivity index (χ3n) is 5.90. The lowest BCUT2D eigenvalue weighted by Gasteiger charge is -2.39. The van der Waals surface area contributed by atoms with Crippen molar-refractivity contribution in [2.24, 2.45) is 10.9 Å². The van der Waals surface area contributed by atoms with E-state index in [1.807, 2.05) is 30.1 Å². The van der Waals surface area contributed by atoms with Crippen LogP contribution in [0.4, 0.5) is 0 Å². The van der Waals surface area contributed by atoms with E-state index in [0.717, 1.165) is 17.8 Å². The summed E-state index contributed by atoms with van der Waals surface area (Å²) in [6.07, 6.45) is 10.0. The van der Waals surface area contributed by atoms with Crippen molar-refractivity contribution in [3.05, 3.63) is 22.4 Å². The average Bonchev–Trinajstić information content (AvgIpc) is 3.19. The van der Waals surface area contributed by atoms with Gasteiger partial charge in [-0.3, -0.25) is 9.89 Å². The third kappa shape index (κ3) is 6.51. The number of piperidine rings is 1. The zero-order valence-electron chi connectivity index (χ0n) is 16.8. The van der Waals surface area contributed by atoms with Crippen LogP contribution in [-0.4, -0.2) is 55.6 Å². The lowest BCUT2D eigenvalue weighted by atomic mass is 9.88. The van der Waals surface area contributed by atoms with E-state index in [1.54, 1.807) is 0 Å². The van der Waals surface area contributed by atoms with Gasteiger partial charge in [0.05, 0.1) is 0 Å². The van der Waals surface area contributed by atoms with Crippen LogP contribution < -0.4 is 10.6 Å². The molecular weight excluding hydrogens is 487 g/mol. The first kappa shape index (κ1) is 23.3. The first-order valence-electron chi connectivity index (χ1n) is 9.95. The van der Waals surface area contributed by atoms with Crippen LogP contribution in [0, 0.1) is 5.92 Å². The zero-order valence-corrected chi connectivity index (χ0v) is 20.8. The molecule has 2 aliphatic rings. The molecule has 2 N–H and O–H groups in total. The van der Waals surface area contributed by atoms with Gasteiger partial charge in [-0.15, -0.1) is 35.3 Å². The molecule has 0 amide bonds. The topological polar surface area (TPSA) is 39.7 Å². The van der Waals surface area contributed by atoms with E-state index >= 15 is 0 Å². The highest BCUT2D eigenvalue weighted by atomic mass is 127. The molecule has 27 heavy (non-hydrogen) atoms. The lowest BCUT2D eigenvalue weighted by molar-refractivity contribution is 0.125. The Bertz CT molecular complexity index is 566. The summed E-state index contributed by atoms with van der Waals surface area (Å²) < 4.78 is 0. The van der Waals surface area contributed by atoms with E-state index in [0.29, 0.717) is 18.0 Å². The first-order valence-corrected chi connectivity index (χ1v) is 12.1. The van der Waals surface area contributed by atoms with E-state index in [9.17, 15) is 0 Å². The van der Waals surface area contributed by atoms with Crippen molar-refractivity contribution in [3.63, 3.8) is 0 Å². The number of thiophene rings is 1. The Labute approximate surface area is 190 Å². The second kappa shape index (κ2) is 11.9. The van der Waals surface area contributed by atoms with Gasteiger partial charge >= 0.3 is 0 Å². The predicted octanol–water partition coefficient (Wildman–Crippen LogP) is 4.59. The molecule has 4 unspecified atom stereocenters. The summed E-state index contributed by atoms with van der Waals surface area (Å²) in [6, 6.07) is 5.57. The highest BCUT2D eigenvalue weighted by Gasteiger charge is 2.31. The predicted molar refractivity (Wildman–Crippen MR) is 132 cm³/mol. The summed E-state index contributed by atoms with van der Waals surface area (Å²) in [5.41, 5.74) is 0. The largest absolute Gasteiger partial charge is 0.356 e. The molecule has 1 saturated heterocycles. The summed E-state index contributed by atoms with van der Waals surface area (Å²) in [4.78, 5) is 8.53. The van der Waals surface area contributed by atoms with Crippen LogP contribution in [-0.2, 0) is 0 Å². The Kier molecular flexibility index (Phi) is 10.2. The number of nitrogens with one attached hydrogen (secondary N) is 2. The molecule has 4 nitrogen and oxygen atoms in total. The molecule has 1 aromatic rings. The number of guanidine groups is 1. The van der Waals surface area contributed by atoms with Gasteiger partial charge in [-0.1, -0.05) is 12.5 Å². The maximum absolute atomic E-state index is 4.50. The van der Waals surface area contributed by atoms with E-state index in [2.05, 4.69) is 51.3 Å². The summed E-state index contributed by atoms with van der Waals surface area (Å²) in [5.74, 6) is 1.62. The van der Waals surface area contributed by atoms with Gasteiger partial charge in [0.25, 0.3) is 0 Å². The molecule has 3 rings (SSSR count). The van der Waals surface area contributed by atoms with Crippen LogP contribution in [0.25, 0.3) is 0 Å². The second-order valence-electron chi connectivity index (χ2n) is 7.66. The number of hydrogen-bond acceptors (Lipinski definition) is 4. The zero-order chi connectivity index (χ0) is 18.4. The quantitative estimate of drug-likeness (QED) is 0.337. The van der Waals surface area contributed by atoms with Crippen molar-refractivity contribution >= 4 is 53.0 Å². The molecule has 1 aliphatic heterocycles. The number of nitrogens with zero attached hydrogens (tertiary/aromatic N) is 2. The van der Waals surface area contributed by atoms with Crippen LogP contribution in [0.3, 0.4) is 0 Å². The van der Waals surface area contributed by atoms with Crippen molar-refractivity contribution in [1.29, 1.82) is 0 Å². The Morgan fingerprint density at radius 3 is 2.89 bits per heavy atom. The number of rotatable bonds is 5. The van der Waals surface area contributed by atoms with Crippen molar-refractivity contribution in [2.45, 2.75) is 55.9 Å². The Hall–Kier alpha value is 0.01000. The summed E-state index contributed by atoms with van der Waals surface area (Å²) in [5, 5.41) is 10.3. The molecule has 7 heteroatoms. The number of aliphatic imine (C=N–C) groups is 1. The molecule has 2 heterocycles. The smallest absolute Gasteiger partial charge is 0.191 e. The Balaban J connectivity index is 0.00000261. The number of halogens is 1. The average molecular weight is 523 g/mol. The van der Waals surface area contributed by atoms with Gasteiger partial charge in [-0.25, -0.2) is 0 Å². The van der Waals surface area contributed by atoms with Crippen LogP contribution in [0.1, 0.15) is 49.4 Å². The standard InChI is InChI=1S/C20H34N4S2.HI/c1-21-20(23-16-8-4-9-17(13-16)25-3)22-14-15-7-5-11-24(2)19(15)18-10-6-12-26-18;/h6,10,12,15-17,19H,4-5,7-9,11,13-14H2,1-3H3,(H2,21,22,23);1H. The van der Waals surface area contributed by atoms with E-state index in [1.165, 1.54) is 49.9 Å². The maximum atomic E-state index is 4.50. The molecule has 1 aromatic heterocycles. The molecule has 4 atom stereocenters. The molecule has 0 radical (unpaired) electrons. The molecule has 1 saturated carbocycles. The van der Waals surface area contributed by atoms with E-state index < -0.39 is 0 Å². The minimum Gasteiger partial charge on any atom is -0.356 e. The van der Waals surface area contributed by atoms with Crippen LogP contribution in [0.5, 0.6) is 0 Å². The van der Waals surface area contributed by atoms with E-state index in [4.69, 9.17) is 0 Å². The highest BCUT2D eigenvalue weighted by molar-refractivity contribution is 14.0. The molecule has 1 aliphatic carbocycles. The third-order valence-corrected chi connectivity index (χ3v) is 7.94. The van der Waals surface area contributed by atoms with Gasteiger partial charge in [0, 0.05) is 35.8 Å². The van der Waals surface area contributed by atoms with Gasteiger partial charge in [0.1, 0.15) is 0 Å². The minimum absolute atomic E-state index is 0. The summed E-state index contributed by atoms with van der Waals surface area (Å²) in [7, 11) is 4.17. The van der Waals surface area contributed by atoms with Gasteiger partial charge in [-0.05, 0) is 69.3 Å². The van der Waals surface area contributed by atoms with Crippen LogP contribution in [0.2, 0.25) is 0 Å². The first-order chi connectivity index (χ1) is 12.7. The summed E-state index contributed by atoms with van der Waals surface area (Å²) >= 11 is 3.91. The lowest BCUT2D eigenvalue weighted by Crippen LogP contribution is -2.48. The van der Waals surface area contributed by atoms with Crippen LogP contribution in [0.15, 0.2) is 22.5 Å². The Morgan fingerprint density at radius 1 is 1.33 bits per heavy atom. The maximum Gasteiger partial charge on any atom is 0.191 e. The van der Waals surface area contributed by atoms with Gasteiger partial charge in [-0.2, -0.15) is 11.8 Å². The summed E-state index contributed by atoms with van der Waals surface area (Å²) in [6.45, 7) is 2.19. The van der Waals surface area contributed by atoms with E-state index in [-0.39, 0.29) is 24.0 Å². The van der Waals surface area contributed by atoms with Crippen molar-refractivity contribution in [1.82, 2.24) is 15.5 Å². The van der Waals surface area contributed by atoms with Crippen molar-refractivity contribution in [3.8, 4) is 0 Å². The van der Waals surface area contributed by atoms with Crippen LogP contribution >= 0.6 is 47.1 Å². The molecular formula is C20H35IN4S2. The Morgan fingerprint density at radius 2 is 2.19 bits per heavy atom. The molecule has 154 valence electrons. The monoisotopic (exact) mass is 522 g/mol. The van der Waals surface area contributed by atoms with Crippen molar-refractivity contribution < 1.29 is 0 Å². The number of thioether (sulfide) groups is 1. The fourth-order valence-electron chi connectivity index (χ4n) is 4.49. The highest BCUT2D eigenvalue weighted by Crippen LogP contribution is 2.36. The molecule has 2 fully saturated rings. The number of likely N-dealkylation sites (tertiary alicyclic amines) is 1.